The van der Waals surface area contributed by atoms with Gasteiger partial charge in [-0.25, -0.2) is 0 Å². The highest BCUT2D eigenvalue weighted by Crippen LogP contribution is 2.32. The predicted octanol–water partition coefficient (Wildman–Crippen LogP) is 5.70. The molecule has 2 aromatic rings. The average molecular weight is 305 g/mol. The van der Waals surface area contributed by atoms with Crippen LogP contribution < -0.4 is 4.74 Å². The fourth-order valence-electron chi connectivity index (χ4n) is 2.09. The van der Waals surface area contributed by atoms with E-state index in [1.54, 1.807) is 19.1 Å². The Hall–Kier alpha value is -1.51. The number of rotatable bonds is 5. The Kier molecular flexibility index (Phi) is 5.27. The van der Waals surface area contributed by atoms with Gasteiger partial charge in [0.2, 0.25) is 0 Å². The van der Waals surface area contributed by atoms with Gasteiger partial charge in [0.05, 0.1) is 11.1 Å². The summed E-state index contributed by atoms with van der Waals surface area (Å²) in [5, 5.41) is 10.0. The monoisotopic (exact) mass is 304 g/mol. The molecule has 0 amide bonds. The van der Waals surface area contributed by atoms with E-state index < -0.39 is 6.10 Å². The van der Waals surface area contributed by atoms with E-state index in [0.717, 1.165) is 17.7 Å². The third kappa shape index (κ3) is 3.99. The van der Waals surface area contributed by atoms with Crippen molar-refractivity contribution in [1.29, 1.82) is 0 Å². The van der Waals surface area contributed by atoms with Crippen LogP contribution in [0.4, 0.5) is 0 Å². The second-order valence-electron chi connectivity index (χ2n) is 5.35. The fraction of sp³-hybridized carbons (Fsp3) is 0.333. The quantitative estimate of drug-likeness (QED) is 0.768. The Morgan fingerprint density at radius 3 is 2.19 bits per heavy atom. The molecule has 0 bridgehead atoms. The summed E-state index contributed by atoms with van der Waals surface area (Å²) in [5.74, 6) is 1.90. The third-order valence-electron chi connectivity index (χ3n) is 3.73. The van der Waals surface area contributed by atoms with Crippen molar-refractivity contribution >= 4 is 11.6 Å². The summed E-state index contributed by atoms with van der Waals surface area (Å²) in [6.07, 6.45) is 0.582. The van der Waals surface area contributed by atoms with E-state index >= 15 is 0 Å². The molecule has 0 radical (unpaired) electrons. The smallest absolute Gasteiger partial charge is 0.146 e. The van der Waals surface area contributed by atoms with Gasteiger partial charge in [-0.1, -0.05) is 43.6 Å². The van der Waals surface area contributed by atoms with Crippen molar-refractivity contribution < 1.29 is 9.84 Å². The number of halogens is 1. The van der Waals surface area contributed by atoms with Gasteiger partial charge >= 0.3 is 0 Å². The van der Waals surface area contributed by atoms with E-state index in [4.69, 9.17) is 16.3 Å². The predicted molar refractivity (Wildman–Crippen MR) is 87.3 cm³/mol. The molecule has 0 saturated heterocycles. The second-order valence-corrected chi connectivity index (χ2v) is 5.75. The Balaban J connectivity index is 2.15. The number of aliphatic hydroxyl groups is 1. The van der Waals surface area contributed by atoms with Crippen LogP contribution in [-0.4, -0.2) is 5.11 Å². The minimum Gasteiger partial charge on any atom is -0.456 e. The van der Waals surface area contributed by atoms with E-state index in [-0.39, 0.29) is 0 Å². The molecule has 3 heteroatoms. The average Bonchev–Trinajstić information content (AvgIpc) is 2.49. The first-order chi connectivity index (χ1) is 10.0. The van der Waals surface area contributed by atoms with Gasteiger partial charge in [-0.05, 0) is 54.7 Å². The molecule has 2 nitrogen and oxygen atoms in total. The van der Waals surface area contributed by atoms with Gasteiger partial charge in [0.25, 0.3) is 0 Å². The molecule has 1 unspecified atom stereocenters. The maximum Gasteiger partial charge on any atom is 0.146 e. The first-order valence-corrected chi connectivity index (χ1v) is 7.64. The van der Waals surface area contributed by atoms with E-state index in [1.165, 1.54) is 5.56 Å². The number of hydrogen-bond donors (Lipinski definition) is 1. The highest BCUT2D eigenvalue weighted by atomic mass is 35.5. The SMILES string of the molecule is CCC(C)c1ccc(Oc2ccc([C@@H](C)O)cc2Cl)cc1. The normalized spacial score (nSPS) is 13.8. The lowest BCUT2D eigenvalue weighted by atomic mass is 9.99. The maximum absolute atomic E-state index is 9.54. The van der Waals surface area contributed by atoms with Crippen LogP contribution in [0.25, 0.3) is 0 Å². The van der Waals surface area contributed by atoms with Crippen molar-refractivity contribution in [2.45, 2.75) is 39.2 Å². The lowest BCUT2D eigenvalue weighted by molar-refractivity contribution is 0.199. The first-order valence-electron chi connectivity index (χ1n) is 7.26. The van der Waals surface area contributed by atoms with Crippen LogP contribution in [0.2, 0.25) is 5.02 Å². The molecule has 0 aliphatic rings. The molecule has 0 aliphatic heterocycles. The van der Waals surface area contributed by atoms with Crippen molar-refractivity contribution in [3.8, 4) is 11.5 Å². The molecule has 1 N–H and O–H groups in total. The van der Waals surface area contributed by atoms with Crippen LogP contribution in [0.15, 0.2) is 42.5 Å². The summed E-state index contributed by atoms with van der Waals surface area (Å²) in [6.45, 7) is 6.10. The third-order valence-corrected chi connectivity index (χ3v) is 4.02. The number of aliphatic hydroxyl groups excluding tert-OH is 1. The topological polar surface area (TPSA) is 29.5 Å². The molecule has 0 aromatic heterocycles. The largest absolute Gasteiger partial charge is 0.456 e. The van der Waals surface area contributed by atoms with Crippen molar-refractivity contribution in [1.82, 2.24) is 0 Å². The Bertz CT molecular complexity index is 591. The summed E-state index contributed by atoms with van der Waals surface area (Å²) in [7, 11) is 0. The Morgan fingerprint density at radius 1 is 1.05 bits per heavy atom. The van der Waals surface area contributed by atoms with E-state index in [9.17, 15) is 5.11 Å². The highest BCUT2D eigenvalue weighted by Gasteiger charge is 2.08. The van der Waals surface area contributed by atoms with Gasteiger partial charge in [0, 0.05) is 0 Å². The molecular weight excluding hydrogens is 284 g/mol. The molecule has 0 heterocycles. The molecule has 0 fully saturated rings. The molecule has 0 spiro atoms. The molecule has 0 aliphatic carbocycles. The zero-order chi connectivity index (χ0) is 15.4. The fourth-order valence-corrected chi connectivity index (χ4v) is 2.31. The minimum absolute atomic E-state index is 0.499. The van der Waals surface area contributed by atoms with Crippen molar-refractivity contribution in [2.24, 2.45) is 0 Å². The van der Waals surface area contributed by atoms with Gasteiger partial charge < -0.3 is 9.84 Å². The molecule has 2 aromatic carbocycles. The van der Waals surface area contributed by atoms with Crippen LogP contribution in [-0.2, 0) is 0 Å². The molecule has 21 heavy (non-hydrogen) atoms. The Labute approximate surface area is 131 Å². The lowest BCUT2D eigenvalue weighted by Gasteiger charge is -2.12. The molecule has 112 valence electrons. The van der Waals surface area contributed by atoms with Gasteiger partial charge in [-0.2, -0.15) is 0 Å². The number of benzene rings is 2. The van der Waals surface area contributed by atoms with Crippen molar-refractivity contribution in [3.05, 3.63) is 58.6 Å². The lowest BCUT2D eigenvalue weighted by Crippen LogP contribution is -1.93. The summed E-state index contributed by atoms with van der Waals surface area (Å²) >= 11 is 6.19. The summed E-state index contributed by atoms with van der Waals surface area (Å²) < 4.78 is 5.80. The maximum atomic E-state index is 9.54. The van der Waals surface area contributed by atoms with Crippen molar-refractivity contribution in [3.63, 3.8) is 0 Å². The van der Waals surface area contributed by atoms with Crippen LogP contribution >= 0.6 is 11.6 Å². The van der Waals surface area contributed by atoms with Crippen LogP contribution in [0, 0.1) is 0 Å². The number of hydrogen-bond acceptors (Lipinski definition) is 2. The minimum atomic E-state index is -0.536. The molecule has 2 rings (SSSR count). The van der Waals surface area contributed by atoms with Gasteiger partial charge in [0.15, 0.2) is 0 Å². The van der Waals surface area contributed by atoms with Gasteiger partial charge in [0.1, 0.15) is 11.5 Å². The highest BCUT2D eigenvalue weighted by molar-refractivity contribution is 6.32. The molecular formula is C18H21ClO2. The van der Waals surface area contributed by atoms with Gasteiger partial charge in [-0.3, -0.25) is 0 Å². The molecule has 2 atom stereocenters. The first kappa shape index (κ1) is 15.9. The summed E-state index contributed by atoms with van der Waals surface area (Å²) in [4.78, 5) is 0. The second kappa shape index (κ2) is 6.97. The summed E-state index contributed by atoms with van der Waals surface area (Å²) in [6, 6.07) is 13.4. The number of ether oxygens (including phenoxy) is 1. The van der Waals surface area contributed by atoms with Gasteiger partial charge in [-0.15, -0.1) is 0 Å². The zero-order valence-electron chi connectivity index (χ0n) is 12.6. The molecule has 0 saturated carbocycles. The Morgan fingerprint density at radius 2 is 1.67 bits per heavy atom. The van der Waals surface area contributed by atoms with Crippen LogP contribution in [0.1, 0.15) is 50.3 Å². The summed E-state index contributed by atoms with van der Waals surface area (Å²) in [5.41, 5.74) is 2.08. The zero-order valence-corrected chi connectivity index (χ0v) is 13.4. The van der Waals surface area contributed by atoms with E-state index in [0.29, 0.717) is 16.7 Å². The standard InChI is InChI=1S/C18H21ClO2/c1-4-12(2)14-5-8-16(9-6-14)21-18-10-7-15(13(3)20)11-17(18)19/h5-13,20H,4H2,1-3H3/t12?,13-/m1/s1. The van der Waals surface area contributed by atoms with E-state index in [2.05, 4.69) is 26.0 Å². The van der Waals surface area contributed by atoms with E-state index in [1.807, 2.05) is 18.2 Å². The van der Waals surface area contributed by atoms with Crippen LogP contribution in [0.3, 0.4) is 0 Å². The van der Waals surface area contributed by atoms with Crippen molar-refractivity contribution in [2.75, 3.05) is 0 Å². The van der Waals surface area contributed by atoms with Crippen LogP contribution in [0.5, 0.6) is 11.5 Å².